The van der Waals surface area contributed by atoms with E-state index >= 15 is 0 Å². The van der Waals surface area contributed by atoms with Crippen LogP contribution in [-0.4, -0.2) is 45.5 Å². The summed E-state index contributed by atoms with van der Waals surface area (Å²) in [5.41, 5.74) is 1.33. The number of aromatic nitrogens is 2. The molecule has 46 heavy (non-hydrogen) atoms. The number of carbonyl (C=O) groups excluding carboxylic acids is 2. The molecule has 3 heterocycles. The number of esters is 1. The third-order valence-corrected chi connectivity index (χ3v) is 8.25. The fourth-order valence-electron chi connectivity index (χ4n) is 5.61. The Kier molecular flexibility index (Phi) is 9.97. The zero-order chi connectivity index (χ0) is 33.0. The Labute approximate surface area is 266 Å². The summed E-state index contributed by atoms with van der Waals surface area (Å²) in [6.07, 6.45) is 0.673. The van der Waals surface area contributed by atoms with E-state index in [4.69, 9.17) is 16.3 Å². The standard InChI is InChI=1S/C33H31ClF4N4O4/c1-20(43)46-30(32(45)40-29(22-2-6-26(35)7-3-22)24-16-28(34)31(44)39-17-24)23-11-13-41(14-12-23)18-21-10-15-42(19-21)27-8-4-25(5-9-27)33(36,37)38/h2-10,15-17,19,23,29-30H,11-14,18H2,1H3,(H,39,44)(H,40,45). The second-order valence-corrected chi connectivity index (χ2v) is 11.6. The molecule has 1 amide bonds. The Hall–Kier alpha value is -4.42. The van der Waals surface area contributed by atoms with E-state index in [-0.39, 0.29) is 10.9 Å². The molecule has 13 heteroatoms. The summed E-state index contributed by atoms with van der Waals surface area (Å²) in [7, 11) is 0. The molecule has 4 aromatic rings. The molecular formula is C33H31ClF4N4O4. The number of piperidine rings is 1. The van der Waals surface area contributed by atoms with Gasteiger partial charge in [-0.05, 0) is 91.2 Å². The summed E-state index contributed by atoms with van der Waals surface area (Å²) in [4.78, 5) is 42.3. The number of ether oxygens (including phenoxy) is 1. The number of benzene rings is 2. The van der Waals surface area contributed by atoms with Gasteiger partial charge in [-0.1, -0.05) is 23.7 Å². The van der Waals surface area contributed by atoms with Gasteiger partial charge >= 0.3 is 12.1 Å². The zero-order valence-electron chi connectivity index (χ0n) is 24.7. The summed E-state index contributed by atoms with van der Waals surface area (Å²) in [5.74, 6) is -1.91. The number of alkyl halides is 3. The summed E-state index contributed by atoms with van der Waals surface area (Å²) in [6.45, 7) is 3.04. The van der Waals surface area contributed by atoms with Gasteiger partial charge in [0, 0.05) is 43.7 Å². The van der Waals surface area contributed by atoms with Crippen LogP contribution in [0.5, 0.6) is 0 Å². The number of nitrogens with zero attached hydrogens (tertiary/aromatic N) is 2. The van der Waals surface area contributed by atoms with Crippen LogP contribution in [-0.2, 0) is 27.0 Å². The predicted octanol–water partition coefficient (Wildman–Crippen LogP) is 6.03. The lowest BCUT2D eigenvalue weighted by Gasteiger charge is -2.35. The van der Waals surface area contributed by atoms with Crippen molar-refractivity contribution in [1.82, 2.24) is 19.8 Å². The van der Waals surface area contributed by atoms with Gasteiger partial charge in [-0.25, -0.2) is 4.39 Å². The van der Waals surface area contributed by atoms with Crippen molar-refractivity contribution in [3.05, 3.63) is 123 Å². The smallest absolute Gasteiger partial charge is 0.416 e. The summed E-state index contributed by atoms with van der Waals surface area (Å²) in [6, 6.07) is 12.9. The number of rotatable bonds is 9. The van der Waals surface area contributed by atoms with Crippen molar-refractivity contribution in [2.75, 3.05) is 13.1 Å². The molecule has 0 radical (unpaired) electrons. The number of likely N-dealkylation sites (tertiary alicyclic amines) is 1. The van der Waals surface area contributed by atoms with Gasteiger partial charge in [0.15, 0.2) is 6.10 Å². The first-order valence-electron chi connectivity index (χ1n) is 14.6. The molecule has 2 N–H and O–H groups in total. The predicted molar refractivity (Wildman–Crippen MR) is 163 cm³/mol. The summed E-state index contributed by atoms with van der Waals surface area (Å²) < 4.78 is 59.7. The molecule has 0 bridgehead atoms. The van der Waals surface area contributed by atoms with E-state index in [1.807, 2.05) is 12.3 Å². The molecule has 242 valence electrons. The van der Waals surface area contributed by atoms with Gasteiger partial charge in [-0.3, -0.25) is 19.3 Å². The molecule has 2 atom stereocenters. The Balaban J connectivity index is 1.25. The molecule has 0 saturated carbocycles. The average Bonchev–Trinajstić information content (AvgIpc) is 3.49. The van der Waals surface area contributed by atoms with Crippen molar-refractivity contribution in [2.45, 2.75) is 44.6 Å². The lowest BCUT2D eigenvalue weighted by molar-refractivity contribution is -0.158. The average molecular weight is 659 g/mol. The third-order valence-electron chi connectivity index (χ3n) is 7.97. The van der Waals surface area contributed by atoms with Crippen LogP contribution in [0.2, 0.25) is 5.02 Å². The number of H-pyrrole nitrogens is 1. The Morgan fingerprint density at radius 3 is 2.33 bits per heavy atom. The van der Waals surface area contributed by atoms with Gasteiger partial charge in [0.1, 0.15) is 10.8 Å². The van der Waals surface area contributed by atoms with E-state index in [2.05, 4.69) is 15.2 Å². The fourth-order valence-corrected chi connectivity index (χ4v) is 5.79. The van der Waals surface area contributed by atoms with Crippen LogP contribution in [0.1, 0.15) is 48.1 Å². The van der Waals surface area contributed by atoms with Gasteiger partial charge in [-0.15, -0.1) is 0 Å². The second kappa shape index (κ2) is 13.9. The van der Waals surface area contributed by atoms with Gasteiger partial charge < -0.3 is 19.6 Å². The molecule has 0 aliphatic carbocycles. The lowest BCUT2D eigenvalue weighted by atomic mass is 9.89. The number of halogens is 5. The Morgan fingerprint density at radius 1 is 1.04 bits per heavy atom. The van der Waals surface area contributed by atoms with Gasteiger partial charge in [-0.2, -0.15) is 13.2 Å². The SMILES string of the molecule is CC(=O)OC(C(=O)NC(c1ccc(F)cc1)c1c[nH]c(=O)c(Cl)c1)C1CCN(Cc2ccn(-c3ccc(C(F)(F)F)cc3)c2)CC1. The maximum absolute atomic E-state index is 13.7. The van der Waals surface area contributed by atoms with E-state index in [0.717, 1.165) is 17.7 Å². The highest BCUT2D eigenvalue weighted by atomic mass is 35.5. The van der Waals surface area contributed by atoms with Gasteiger partial charge in [0.2, 0.25) is 0 Å². The number of hydrogen-bond acceptors (Lipinski definition) is 5. The van der Waals surface area contributed by atoms with Gasteiger partial charge in [0.25, 0.3) is 11.5 Å². The molecule has 2 aromatic heterocycles. The highest BCUT2D eigenvalue weighted by Crippen LogP contribution is 2.30. The normalized spacial score (nSPS) is 15.7. The summed E-state index contributed by atoms with van der Waals surface area (Å²) >= 11 is 6.06. The second-order valence-electron chi connectivity index (χ2n) is 11.2. The van der Waals surface area contributed by atoms with Crippen LogP contribution in [0.4, 0.5) is 17.6 Å². The van der Waals surface area contributed by atoms with E-state index in [0.29, 0.717) is 49.3 Å². The van der Waals surface area contributed by atoms with E-state index in [9.17, 15) is 31.9 Å². The van der Waals surface area contributed by atoms with E-state index in [1.165, 1.54) is 55.6 Å². The Bertz CT molecular complexity index is 1730. The van der Waals surface area contributed by atoms with Crippen molar-refractivity contribution in [2.24, 2.45) is 5.92 Å². The monoisotopic (exact) mass is 658 g/mol. The quantitative estimate of drug-likeness (QED) is 0.169. The van der Waals surface area contributed by atoms with Crippen LogP contribution >= 0.6 is 11.6 Å². The largest absolute Gasteiger partial charge is 0.452 e. The first-order valence-corrected chi connectivity index (χ1v) is 14.9. The first kappa shape index (κ1) is 33.0. The first-order chi connectivity index (χ1) is 21.9. The van der Waals surface area contributed by atoms with Crippen molar-refractivity contribution < 1.29 is 31.9 Å². The Morgan fingerprint density at radius 2 is 1.72 bits per heavy atom. The fraction of sp³-hybridized carbons (Fsp3) is 0.303. The molecule has 1 aliphatic heterocycles. The number of amides is 1. The number of carbonyl (C=O) groups is 2. The van der Waals surface area contributed by atoms with E-state index < -0.39 is 47.1 Å². The number of pyridine rings is 1. The van der Waals surface area contributed by atoms with Crippen molar-refractivity contribution in [3.63, 3.8) is 0 Å². The highest BCUT2D eigenvalue weighted by Gasteiger charge is 2.35. The van der Waals surface area contributed by atoms with Crippen LogP contribution in [0, 0.1) is 11.7 Å². The minimum absolute atomic E-state index is 0.0857. The van der Waals surface area contributed by atoms with Crippen LogP contribution in [0.25, 0.3) is 5.69 Å². The minimum atomic E-state index is -4.40. The number of aromatic amines is 1. The molecule has 2 aromatic carbocycles. The van der Waals surface area contributed by atoms with Crippen LogP contribution < -0.4 is 10.9 Å². The molecule has 2 unspecified atom stereocenters. The molecular weight excluding hydrogens is 628 g/mol. The molecule has 5 rings (SSSR count). The molecule has 1 fully saturated rings. The molecule has 1 saturated heterocycles. The van der Waals surface area contributed by atoms with Crippen LogP contribution in [0.3, 0.4) is 0 Å². The topological polar surface area (TPSA) is 96.4 Å². The molecule has 1 aliphatic rings. The molecule has 8 nitrogen and oxygen atoms in total. The maximum atomic E-state index is 13.7. The molecule has 0 spiro atoms. The van der Waals surface area contributed by atoms with Crippen molar-refractivity contribution in [1.29, 1.82) is 0 Å². The number of nitrogens with one attached hydrogen (secondary N) is 2. The van der Waals surface area contributed by atoms with E-state index in [1.54, 1.807) is 10.8 Å². The minimum Gasteiger partial charge on any atom is -0.452 e. The number of hydrogen-bond donors (Lipinski definition) is 2. The maximum Gasteiger partial charge on any atom is 0.416 e. The van der Waals surface area contributed by atoms with Crippen molar-refractivity contribution >= 4 is 23.5 Å². The zero-order valence-corrected chi connectivity index (χ0v) is 25.4. The van der Waals surface area contributed by atoms with Crippen molar-refractivity contribution in [3.8, 4) is 5.69 Å². The van der Waals surface area contributed by atoms with Gasteiger partial charge in [0.05, 0.1) is 11.6 Å². The third kappa shape index (κ3) is 8.04. The van der Waals surface area contributed by atoms with Crippen LogP contribution in [0.15, 0.2) is 84.0 Å². The highest BCUT2D eigenvalue weighted by molar-refractivity contribution is 6.30. The lowest BCUT2D eigenvalue weighted by Crippen LogP contribution is -2.47. The summed E-state index contributed by atoms with van der Waals surface area (Å²) in [5, 5.41) is 2.82.